The number of aromatic nitrogens is 2. The SMILES string of the molecule is CC(C)c1nc(NCS(C)(=O)=O)nc(-c2ccc(F)cc2)c1CC[C@H](O)C[C@@H](O)CC(=O)O. The Morgan fingerprint density at radius 2 is 1.76 bits per heavy atom. The van der Waals surface area contributed by atoms with Gasteiger partial charge in [-0.25, -0.2) is 22.8 Å². The summed E-state index contributed by atoms with van der Waals surface area (Å²) in [6, 6.07) is 5.69. The molecule has 0 aliphatic carbocycles. The fourth-order valence-corrected chi connectivity index (χ4v) is 3.77. The zero-order valence-electron chi connectivity index (χ0n) is 18.8. The summed E-state index contributed by atoms with van der Waals surface area (Å²) in [5.41, 5.74) is 2.41. The standard InChI is InChI=1S/C22H30FN3O6S/c1-13(2)20-18(9-8-16(27)10-17(28)11-19(29)30)21(14-4-6-15(23)7-5-14)26-22(25-20)24-12-33(3,31)32/h4-7,13,16-17,27-28H,8-12H2,1-3H3,(H,29,30)(H,24,25,26)/t16-,17+/m0/s1. The molecule has 11 heteroatoms. The van der Waals surface area contributed by atoms with Gasteiger partial charge < -0.3 is 20.6 Å². The van der Waals surface area contributed by atoms with E-state index < -0.39 is 40.3 Å². The van der Waals surface area contributed by atoms with E-state index in [0.29, 0.717) is 28.9 Å². The minimum atomic E-state index is -3.33. The maximum atomic E-state index is 13.5. The number of aliphatic carboxylic acids is 1. The number of anilines is 1. The molecule has 2 rings (SSSR count). The molecule has 2 atom stereocenters. The van der Waals surface area contributed by atoms with Gasteiger partial charge in [-0.05, 0) is 49.4 Å². The van der Waals surface area contributed by atoms with Crippen molar-refractivity contribution >= 4 is 21.8 Å². The molecule has 2 aromatic rings. The zero-order valence-corrected chi connectivity index (χ0v) is 19.6. The van der Waals surface area contributed by atoms with Gasteiger partial charge in [0.15, 0.2) is 9.84 Å². The number of rotatable bonds is 12. The number of sulfone groups is 1. The Morgan fingerprint density at radius 3 is 2.30 bits per heavy atom. The second kappa shape index (κ2) is 11.5. The van der Waals surface area contributed by atoms with Gasteiger partial charge in [-0.15, -0.1) is 0 Å². The number of aliphatic hydroxyl groups is 2. The van der Waals surface area contributed by atoms with Gasteiger partial charge in [0, 0.05) is 17.4 Å². The molecule has 182 valence electrons. The van der Waals surface area contributed by atoms with E-state index in [1.807, 2.05) is 13.8 Å². The van der Waals surface area contributed by atoms with Crippen molar-refractivity contribution in [1.82, 2.24) is 9.97 Å². The van der Waals surface area contributed by atoms with E-state index in [9.17, 15) is 27.8 Å². The molecule has 1 aromatic carbocycles. The lowest BCUT2D eigenvalue weighted by Gasteiger charge is -2.20. The third kappa shape index (κ3) is 8.67. The Morgan fingerprint density at radius 1 is 1.12 bits per heavy atom. The number of nitrogens with one attached hydrogen (secondary N) is 1. The van der Waals surface area contributed by atoms with Crippen LogP contribution in [0.3, 0.4) is 0 Å². The summed E-state index contributed by atoms with van der Waals surface area (Å²) in [7, 11) is -3.33. The van der Waals surface area contributed by atoms with E-state index in [2.05, 4.69) is 15.3 Å². The highest BCUT2D eigenvalue weighted by molar-refractivity contribution is 7.90. The normalized spacial score (nSPS) is 13.7. The summed E-state index contributed by atoms with van der Waals surface area (Å²) < 4.78 is 36.6. The molecule has 0 bridgehead atoms. The summed E-state index contributed by atoms with van der Waals surface area (Å²) in [5.74, 6) is -1.88. The number of hydrogen-bond acceptors (Lipinski definition) is 8. The van der Waals surface area contributed by atoms with E-state index in [4.69, 9.17) is 5.11 Å². The summed E-state index contributed by atoms with van der Waals surface area (Å²) in [6.07, 6.45) is -1.07. The van der Waals surface area contributed by atoms with E-state index in [-0.39, 0.29) is 30.6 Å². The first-order chi connectivity index (χ1) is 15.4. The van der Waals surface area contributed by atoms with Crippen molar-refractivity contribution in [1.29, 1.82) is 0 Å². The van der Waals surface area contributed by atoms with E-state index in [1.165, 1.54) is 12.1 Å². The molecule has 1 aromatic heterocycles. The number of hydrogen-bond donors (Lipinski definition) is 4. The summed E-state index contributed by atoms with van der Waals surface area (Å²) >= 11 is 0. The van der Waals surface area contributed by atoms with Gasteiger partial charge in [-0.2, -0.15) is 0 Å². The molecule has 0 saturated carbocycles. The molecular formula is C22H30FN3O6S. The van der Waals surface area contributed by atoms with Crippen LogP contribution in [0.25, 0.3) is 11.3 Å². The summed E-state index contributed by atoms with van der Waals surface area (Å²) in [5, 5.41) is 31.6. The van der Waals surface area contributed by atoms with Crippen molar-refractivity contribution < 1.29 is 32.9 Å². The Hall–Kier alpha value is -2.63. The summed E-state index contributed by atoms with van der Waals surface area (Å²) in [4.78, 5) is 19.7. The smallest absolute Gasteiger partial charge is 0.305 e. The van der Waals surface area contributed by atoms with Gasteiger partial charge in [-0.1, -0.05) is 13.8 Å². The molecule has 33 heavy (non-hydrogen) atoms. The second-order valence-corrected chi connectivity index (χ2v) is 10.5. The van der Waals surface area contributed by atoms with E-state index in [0.717, 1.165) is 6.26 Å². The molecule has 0 aliphatic rings. The van der Waals surface area contributed by atoms with Crippen molar-refractivity contribution in [2.24, 2.45) is 0 Å². The van der Waals surface area contributed by atoms with Gasteiger partial charge in [0.1, 0.15) is 11.7 Å². The molecule has 1 heterocycles. The number of carboxylic acid groups (broad SMARTS) is 1. The first kappa shape index (κ1) is 26.6. The van der Waals surface area contributed by atoms with Gasteiger partial charge in [0.05, 0.1) is 30.0 Å². The van der Waals surface area contributed by atoms with Gasteiger partial charge in [0.2, 0.25) is 5.95 Å². The quantitative estimate of drug-likeness (QED) is 0.357. The van der Waals surface area contributed by atoms with Crippen molar-refractivity contribution in [3.05, 3.63) is 41.3 Å². The lowest BCUT2D eigenvalue weighted by molar-refractivity contribution is -0.139. The van der Waals surface area contributed by atoms with Crippen LogP contribution < -0.4 is 5.32 Å². The molecule has 0 saturated heterocycles. The Bertz CT molecular complexity index is 1060. The van der Waals surface area contributed by atoms with E-state index >= 15 is 0 Å². The maximum Gasteiger partial charge on any atom is 0.305 e. The highest BCUT2D eigenvalue weighted by Gasteiger charge is 2.21. The van der Waals surface area contributed by atoms with Gasteiger partial charge in [-0.3, -0.25) is 4.79 Å². The molecular weight excluding hydrogens is 453 g/mol. The van der Waals surface area contributed by atoms with Crippen LogP contribution in [0.1, 0.15) is 50.3 Å². The predicted octanol–water partition coefficient (Wildman–Crippen LogP) is 2.34. The third-order valence-corrected chi connectivity index (χ3v) is 5.55. The van der Waals surface area contributed by atoms with E-state index in [1.54, 1.807) is 12.1 Å². The maximum absolute atomic E-state index is 13.5. The average molecular weight is 484 g/mol. The molecule has 0 unspecified atom stereocenters. The van der Waals surface area contributed by atoms with Crippen LogP contribution in [0.5, 0.6) is 0 Å². The lowest BCUT2D eigenvalue weighted by atomic mass is 9.93. The van der Waals surface area contributed by atoms with Crippen molar-refractivity contribution in [2.45, 2.75) is 57.7 Å². The first-order valence-corrected chi connectivity index (χ1v) is 12.6. The van der Waals surface area contributed by atoms with Crippen LogP contribution in [0.2, 0.25) is 0 Å². The minimum absolute atomic E-state index is 0.0734. The van der Waals surface area contributed by atoms with Crippen LogP contribution in [0, 0.1) is 5.82 Å². The molecule has 0 radical (unpaired) electrons. The highest BCUT2D eigenvalue weighted by atomic mass is 32.2. The lowest BCUT2D eigenvalue weighted by Crippen LogP contribution is -2.21. The molecule has 0 amide bonds. The Kier molecular flexibility index (Phi) is 9.26. The molecule has 0 aliphatic heterocycles. The number of aliphatic hydroxyl groups excluding tert-OH is 2. The Labute approximate surface area is 192 Å². The molecule has 4 N–H and O–H groups in total. The fourth-order valence-electron chi connectivity index (χ4n) is 3.37. The van der Waals surface area contributed by atoms with Gasteiger partial charge >= 0.3 is 5.97 Å². The van der Waals surface area contributed by atoms with Gasteiger partial charge in [0.25, 0.3) is 0 Å². The Balaban J connectivity index is 2.41. The third-order valence-electron chi connectivity index (χ3n) is 4.88. The minimum Gasteiger partial charge on any atom is -0.481 e. The van der Waals surface area contributed by atoms with Crippen LogP contribution in [-0.4, -0.2) is 64.0 Å². The average Bonchev–Trinajstić information content (AvgIpc) is 2.69. The predicted molar refractivity (Wildman–Crippen MR) is 122 cm³/mol. The number of halogens is 1. The first-order valence-electron chi connectivity index (χ1n) is 10.5. The van der Waals surface area contributed by atoms with Crippen molar-refractivity contribution in [3.63, 3.8) is 0 Å². The van der Waals surface area contributed by atoms with Crippen LogP contribution >= 0.6 is 0 Å². The molecule has 9 nitrogen and oxygen atoms in total. The number of benzene rings is 1. The number of carbonyl (C=O) groups is 1. The van der Waals surface area contributed by atoms with Crippen LogP contribution in [0.4, 0.5) is 10.3 Å². The van der Waals surface area contributed by atoms with Crippen molar-refractivity contribution in [2.75, 3.05) is 17.4 Å². The molecule has 0 fully saturated rings. The largest absolute Gasteiger partial charge is 0.481 e. The number of carboxylic acids is 1. The van der Waals surface area contributed by atoms with Crippen molar-refractivity contribution in [3.8, 4) is 11.3 Å². The van der Waals surface area contributed by atoms with Crippen LogP contribution in [-0.2, 0) is 21.1 Å². The zero-order chi connectivity index (χ0) is 24.8. The van der Waals surface area contributed by atoms with Crippen LogP contribution in [0.15, 0.2) is 24.3 Å². The summed E-state index contributed by atoms with van der Waals surface area (Å²) in [6.45, 7) is 3.82. The molecule has 0 spiro atoms. The second-order valence-electron chi connectivity index (χ2n) is 8.35. The number of nitrogens with zero attached hydrogens (tertiary/aromatic N) is 2. The topological polar surface area (TPSA) is 150 Å². The highest BCUT2D eigenvalue weighted by Crippen LogP contribution is 2.31. The monoisotopic (exact) mass is 483 g/mol. The fraction of sp³-hybridized carbons (Fsp3) is 0.500.